The van der Waals surface area contributed by atoms with Crippen LogP contribution in [0.25, 0.3) is 0 Å². The smallest absolute Gasteiger partial charge is 0.332 e. The first kappa shape index (κ1) is 23.1. The molecule has 2 aliphatic heterocycles. The number of hydrogen-bond acceptors (Lipinski definition) is 6. The Kier molecular flexibility index (Phi) is 7.17. The lowest BCUT2D eigenvalue weighted by atomic mass is 9.97. The van der Waals surface area contributed by atoms with Crippen molar-refractivity contribution in [3.63, 3.8) is 0 Å². The number of rotatable bonds is 6. The highest BCUT2D eigenvalue weighted by Crippen LogP contribution is 2.21. The molecule has 0 unspecified atom stereocenters. The SMILES string of the molecule is Cn1c(N2CCC[C@H](C(=O)NCCN3CCN(c4ccccc4)CC3)C2)cc(=O)n(C)c1=O. The van der Waals surface area contributed by atoms with E-state index in [-0.39, 0.29) is 23.1 Å². The molecule has 2 aliphatic rings. The molecule has 0 spiro atoms. The maximum Gasteiger partial charge on any atom is 0.332 e. The number of nitrogens with one attached hydrogen (secondary N) is 1. The van der Waals surface area contributed by atoms with Crippen molar-refractivity contribution in [2.45, 2.75) is 12.8 Å². The third-order valence-corrected chi connectivity index (χ3v) is 6.84. The molecule has 9 heteroatoms. The summed E-state index contributed by atoms with van der Waals surface area (Å²) in [5.74, 6) is 0.487. The largest absolute Gasteiger partial charge is 0.369 e. The van der Waals surface area contributed by atoms with Crippen LogP contribution in [0.4, 0.5) is 11.5 Å². The molecule has 2 fully saturated rings. The lowest BCUT2D eigenvalue weighted by Gasteiger charge is -2.36. The summed E-state index contributed by atoms with van der Waals surface area (Å²) in [4.78, 5) is 44.0. The zero-order chi connectivity index (χ0) is 23.4. The van der Waals surface area contributed by atoms with Crippen LogP contribution < -0.4 is 26.4 Å². The van der Waals surface area contributed by atoms with Crippen molar-refractivity contribution in [3.05, 3.63) is 57.2 Å². The number of aromatic nitrogens is 2. The molecule has 0 radical (unpaired) electrons. The molecule has 0 aliphatic carbocycles. The Morgan fingerprint density at radius 1 is 0.970 bits per heavy atom. The van der Waals surface area contributed by atoms with E-state index in [0.717, 1.165) is 56.7 Å². The minimum Gasteiger partial charge on any atom is -0.369 e. The number of carbonyl (C=O) groups is 1. The molecule has 33 heavy (non-hydrogen) atoms. The molecule has 0 bridgehead atoms. The summed E-state index contributed by atoms with van der Waals surface area (Å²) in [7, 11) is 3.14. The zero-order valence-corrected chi connectivity index (χ0v) is 19.6. The van der Waals surface area contributed by atoms with Gasteiger partial charge in [0.2, 0.25) is 5.91 Å². The number of anilines is 2. The predicted molar refractivity (Wildman–Crippen MR) is 130 cm³/mol. The lowest BCUT2D eigenvalue weighted by molar-refractivity contribution is -0.125. The molecular weight excluding hydrogens is 420 g/mol. The molecule has 178 valence electrons. The monoisotopic (exact) mass is 454 g/mol. The van der Waals surface area contributed by atoms with Crippen LogP contribution in [0, 0.1) is 5.92 Å². The van der Waals surface area contributed by atoms with E-state index in [0.29, 0.717) is 18.9 Å². The second-order valence-corrected chi connectivity index (χ2v) is 8.98. The topological polar surface area (TPSA) is 82.8 Å². The van der Waals surface area contributed by atoms with Crippen molar-refractivity contribution in [2.24, 2.45) is 20.0 Å². The third-order valence-electron chi connectivity index (χ3n) is 6.84. The van der Waals surface area contributed by atoms with Gasteiger partial charge in [0.1, 0.15) is 5.82 Å². The van der Waals surface area contributed by atoms with Crippen LogP contribution in [0.1, 0.15) is 12.8 Å². The predicted octanol–water partition coefficient (Wildman–Crippen LogP) is 0.239. The number of para-hydroxylation sites is 1. The minimum absolute atomic E-state index is 0.0523. The maximum atomic E-state index is 12.8. The van der Waals surface area contributed by atoms with Crippen LogP contribution in [0.2, 0.25) is 0 Å². The molecule has 1 amide bonds. The van der Waals surface area contributed by atoms with Gasteiger partial charge in [-0.05, 0) is 25.0 Å². The summed E-state index contributed by atoms with van der Waals surface area (Å²) in [5, 5.41) is 3.11. The summed E-state index contributed by atoms with van der Waals surface area (Å²) in [6.07, 6.45) is 1.67. The summed E-state index contributed by atoms with van der Waals surface area (Å²) in [5.41, 5.74) is 0.588. The third kappa shape index (κ3) is 5.30. The van der Waals surface area contributed by atoms with E-state index >= 15 is 0 Å². The molecule has 1 N–H and O–H groups in total. The first-order valence-corrected chi connectivity index (χ1v) is 11.8. The Labute approximate surface area is 194 Å². The Hall–Kier alpha value is -3.07. The van der Waals surface area contributed by atoms with Crippen molar-refractivity contribution in [1.82, 2.24) is 19.4 Å². The van der Waals surface area contributed by atoms with E-state index in [4.69, 9.17) is 0 Å². The standard InChI is InChI=1S/C24H34N6O3/c1-26-21(17-22(31)27(2)24(26)33)30-11-6-7-19(18-30)23(32)25-10-12-28-13-15-29(16-14-28)20-8-4-3-5-9-20/h3-5,8-9,17,19H,6-7,10-16,18H2,1-2H3,(H,25,32)/t19-/m0/s1. The number of piperidine rings is 1. The van der Waals surface area contributed by atoms with Crippen molar-refractivity contribution >= 4 is 17.4 Å². The van der Waals surface area contributed by atoms with E-state index in [2.05, 4.69) is 39.4 Å². The molecule has 1 aromatic heterocycles. The van der Waals surface area contributed by atoms with Gasteiger partial charge in [-0.2, -0.15) is 0 Å². The molecule has 9 nitrogen and oxygen atoms in total. The number of nitrogens with zero attached hydrogens (tertiary/aromatic N) is 5. The van der Waals surface area contributed by atoms with Crippen LogP contribution in [0.3, 0.4) is 0 Å². The minimum atomic E-state index is -0.351. The maximum absolute atomic E-state index is 12.8. The normalized spacial score (nSPS) is 19.5. The quantitative estimate of drug-likeness (QED) is 0.673. The van der Waals surface area contributed by atoms with Gasteiger partial charge in [0.05, 0.1) is 5.92 Å². The molecule has 1 aromatic carbocycles. The summed E-state index contributed by atoms with van der Waals surface area (Å²) in [6.45, 7) is 6.67. The molecule has 2 saturated heterocycles. The van der Waals surface area contributed by atoms with Crippen molar-refractivity contribution in [2.75, 3.05) is 62.2 Å². The molecule has 1 atom stereocenters. The number of amides is 1. The van der Waals surface area contributed by atoms with Gasteiger partial charge in [0, 0.05) is 78.2 Å². The van der Waals surface area contributed by atoms with Gasteiger partial charge in [0.25, 0.3) is 5.56 Å². The fraction of sp³-hybridized carbons (Fsp3) is 0.542. The van der Waals surface area contributed by atoms with Crippen molar-refractivity contribution in [3.8, 4) is 0 Å². The van der Waals surface area contributed by atoms with Crippen LogP contribution in [0.5, 0.6) is 0 Å². The van der Waals surface area contributed by atoms with Gasteiger partial charge >= 0.3 is 5.69 Å². The summed E-state index contributed by atoms with van der Waals surface area (Å²) < 4.78 is 2.58. The Balaban J connectivity index is 1.25. The molecule has 3 heterocycles. The molecule has 2 aromatic rings. The molecule has 0 saturated carbocycles. The first-order valence-electron chi connectivity index (χ1n) is 11.8. The number of carbonyl (C=O) groups excluding carboxylic acids is 1. The van der Waals surface area contributed by atoms with Crippen LogP contribution in [0.15, 0.2) is 46.0 Å². The van der Waals surface area contributed by atoms with Crippen molar-refractivity contribution < 1.29 is 4.79 Å². The van der Waals surface area contributed by atoms with Gasteiger partial charge in [-0.15, -0.1) is 0 Å². The lowest BCUT2D eigenvalue weighted by Crippen LogP contribution is -2.50. The average Bonchev–Trinajstić information content (AvgIpc) is 2.86. The highest BCUT2D eigenvalue weighted by atomic mass is 16.2. The van der Waals surface area contributed by atoms with E-state index in [1.165, 1.54) is 23.4 Å². The Morgan fingerprint density at radius 2 is 1.70 bits per heavy atom. The van der Waals surface area contributed by atoms with E-state index in [1.807, 2.05) is 11.0 Å². The fourth-order valence-electron chi connectivity index (χ4n) is 4.77. The highest BCUT2D eigenvalue weighted by molar-refractivity contribution is 5.79. The fourth-order valence-corrected chi connectivity index (χ4v) is 4.77. The summed E-state index contributed by atoms with van der Waals surface area (Å²) >= 11 is 0. The molecule has 4 rings (SSSR count). The van der Waals surface area contributed by atoms with Gasteiger partial charge in [-0.1, -0.05) is 18.2 Å². The highest BCUT2D eigenvalue weighted by Gasteiger charge is 2.27. The van der Waals surface area contributed by atoms with E-state index in [1.54, 1.807) is 7.05 Å². The molecular formula is C24H34N6O3. The Bertz CT molecular complexity index is 1070. The first-order chi connectivity index (χ1) is 15.9. The second kappa shape index (κ2) is 10.2. The average molecular weight is 455 g/mol. The van der Waals surface area contributed by atoms with Crippen LogP contribution in [-0.2, 0) is 18.9 Å². The second-order valence-electron chi connectivity index (χ2n) is 8.98. The van der Waals surface area contributed by atoms with Gasteiger partial charge in [-0.25, -0.2) is 4.79 Å². The van der Waals surface area contributed by atoms with E-state index < -0.39 is 0 Å². The number of benzene rings is 1. The van der Waals surface area contributed by atoms with Crippen LogP contribution >= 0.6 is 0 Å². The van der Waals surface area contributed by atoms with Gasteiger partial charge in [0.15, 0.2) is 0 Å². The number of piperazine rings is 1. The van der Waals surface area contributed by atoms with E-state index in [9.17, 15) is 14.4 Å². The zero-order valence-electron chi connectivity index (χ0n) is 19.6. The van der Waals surface area contributed by atoms with Gasteiger partial charge < -0.3 is 15.1 Å². The van der Waals surface area contributed by atoms with Gasteiger partial charge in [-0.3, -0.25) is 23.6 Å². The summed E-state index contributed by atoms with van der Waals surface area (Å²) in [6, 6.07) is 12.0. The van der Waals surface area contributed by atoms with Crippen LogP contribution in [-0.4, -0.2) is 72.3 Å². The van der Waals surface area contributed by atoms with Crippen molar-refractivity contribution in [1.29, 1.82) is 0 Å². The Morgan fingerprint density at radius 3 is 2.42 bits per heavy atom. The number of hydrogen-bond donors (Lipinski definition) is 1.